The van der Waals surface area contributed by atoms with Crippen molar-refractivity contribution in [1.29, 1.82) is 0 Å². The number of nitrogens with one attached hydrogen (secondary N) is 1. The Kier molecular flexibility index (Phi) is 10.1. The van der Waals surface area contributed by atoms with Crippen LogP contribution in [0.25, 0.3) is 11.1 Å². The maximum atomic E-state index is 13.2. The number of carbonyl (C=O) groups excluding carboxylic acids is 2. The number of ether oxygens (including phenoxy) is 1. The number of hydrogen-bond acceptors (Lipinski definition) is 15. The minimum atomic E-state index is -5.02. The van der Waals surface area contributed by atoms with Gasteiger partial charge >= 0.3 is 16.4 Å². The number of carboxylic acid groups (broad SMARTS) is 1. The predicted octanol–water partition coefficient (Wildman–Crippen LogP) is -0.387. The van der Waals surface area contributed by atoms with Crippen molar-refractivity contribution >= 4 is 56.2 Å². The lowest BCUT2D eigenvalue weighted by Gasteiger charge is -2.50. The standard InChI is InChI=1S/C25H31N9O10S2/c1-25(2)19(22(36)34(25)44-46(39,40)41)30-21(35)18(16-12-45-24(28)29-16)32-43-17(23(37)38)11-42-14-6-4-13(5-7-14)15-10-33(9-3-8-26)31-20(15)27/h4-7,10,12,17,19H,3,8-9,11,26H2,1-2H3,(H2,27,31)(H2,28,29)(H,30,35)(H,37,38)(H,39,40,41)/b32-18-. The van der Waals surface area contributed by atoms with Crippen LogP contribution in [0, 0.1) is 0 Å². The lowest BCUT2D eigenvalue weighted by Crippen LogP contribution is -2.76. The number of aliphatic carboxylic acids is 1. The SMILES string of the molecule is CC1(C)C(NC(=O)/C(=N\OC(COc2ccc(-c3cn(CCCN)nc3N)cc2)C(=O)O)c2csc(N)n2)C(=O)N1OS(=O)(=O)O. The van der Waals surface area contributed by atoms with Gasteiger partial charge in [-0.25, -0.2) is 9.78 Å². The van der Waals surface area contributed by atoms with E-state index in [4.69, 9.17) is 31.3 Å². The average Bonchev–Trinajstić information content (AvgIpc) is 3.59. The van der Waals surface area contributed by atoms with Gasteiger partial charge in [-0.15, -0.1) is 15.6 Å². The molecule has 3 heterocycles. The summed E-state index contributed by atoms with van der Waals surface area (Å²) in [5.74, 6) is -2.87. The lowest BCUT2D eigenvalue weighted by molar-refractivity contribution is -0.218. The van der Waals surface area contributed by atoms with E-state index < -0.39 is 58.2 Å². The second-order valence-corrected chi connectivity index (χ2v) is 12.2. The van der Waals surface area contributed by atoms with Gasteiger partial charge in [0.25, 0.3) is 17.9 Å². The monoisotopic (exact) mass is 681 g/mol. The van der Waals surface area contributed by atoms with E-state index in [1.165, 1.54) is 19.2 Å². The van der Waals surface area contributed by atoms with E-state index in [1.54, 1.807) is 35.1 Å². The van der Waals surface area contributed by atoms with E-state index in [-0.39, 0.29) is 10.8 Å². The van der Waals surface area contributed by atoms with Gasteiger partial charge in [-0.05, 0) is 44.5 Å². The summed E-state index contributed by atoms with van der Waals surface area (Å²) in [6.45, 7) is 3.31. The summed E-state index contributed by atoms with van der Waals surface area (Å²) in [6.07, 6.45) is 0.831. The molecule has 2 unspecified atom stereocenters. The van der Waals surface area contributed by atoms with Gasteiger partial charge in [0.1, 0.15) is 24.1 Å². The number of carbonyl (C=O) groups is 3. The van der Waals surface area contributed by atoms with Gasteiger partial charge in [0.2, 0.25) is 0 Å². The van der Waals surface area contributed by atoms with Gasteiger partial charge in [-0.3, -0.25) is 18.8 Å². The molecule has 0 radical (unpaired) electrons. The summed E-state index contributed by atoms with van der Waals surface area (Å²) < 4.78 is 42.7. The molecule has 1 fully saturated rings. The van der Waals surface area contributed by atoms with E-state index in [0.717, 1.165) is 23.3 Å². The van der Waals surface area contributed by atoms with E-state index in [1.807, 2.05) is 0 Å². The molecule has 1 aromatic carbocycles. The van der Waals surface area contributed by atoms with Crippen molar-refractivity contribution in [1.82, 2.24) is 25.1 Å². The van der Waals surface area contributed by atoms with Crippen LogP contribution >= 0.6 is 11.3 Å². The number of benzene rings is 1. The quantitative estimate of drug-likeness (QED) is 0.0515. The van der Waals surface area contributed by atoms with Crippen LogP contribution in [0.15, 0.2) is 41.0 Å². The summed E-state index contributed by atoms with van der Waals surface area (Å²) in [6, 6.07) is 5.28. The van der Waals surface area contributed by atoms with Crippen LogP contribution in [0.4, 0.5) is 10.9 Å². The Hall–Kier alpha value is -4.83. The molecular weight excluding hydrogens is 650 g/mol. The van der Waals surface area contributed by atoms with Crippen LogP contribution in [-0.4, -0.2) is 92.2 Å². The molecule has 3 aromatic rings. The second kappa shape index (κ2) is 13.7. The summed E-state index contributed by atoms with van der Waals surface area (Å²) in [7, 11) is -5.02. The fourth-order valence-corrected chi connectivity index (χ4v) is 5.21. The average molecular weight is 682 g/mol. The summed E-state index contributed by atoms with van der Waals surface area (Å²) in [5, 5.41) is 21.8. The highest BCUT2D eigenvalue weighted by atomic mass is 32.3. The third kappa shape index (κ3) is 7.87. The van der Waals surface area contributed by atoms with Crippen LogP contribution in [0.1, 0.15) is 26.0 Å². The predicted molar refractivity (Wildman–Crippen MR) is 162 cm³/mol. The van der Waals surface area contributed by atoms with E-state index in [0.29, 0.717) is 35.3 Å². The van der Waals surface area contributed by atoms with Crippen molar-refractivity contribution in [3.8, 4) is 16.9 Å². The number of thiazole rings is 1. The van der Waals surface area contributed by atoms with Crippen molar-refractivity contribution in [3.05, 3.63) is 41.5 Å². The van der Waals surface area contributed by atoms with Crippen LogP contribution in [0.3, 0.4) is 0 Å². The Morgan fingerprint density at radius 1 is 1.24 bits per heavy atom. The smallest absolute Gasteiger partial charge is 0.418 e. The van der Waals surface area contributed by atoms with Crippen molar-refractivity contribution in [2.75, 3.05) is 24.6 Å². The molecule has 0 aliphatic carbocycles. The zero-order valence-corrected chi connectivity index (χ0v) is 26.0. The number of nitrogens with two attached hydrogens (primary N) is 3. The molecule has 2 aromatic heterocycles. The minimum absolute atomic E-state index is 0.0505. The number of hydrogen-bond donors (Lipinski definition) is 6. The van der Waals surface area contributed by atoms with E-state index >= 15 is 0 Å². The highest BCUT2D eigenvalue weighted by Gasteiger charge is 2.58. The number of carboxylic acids is 1. The summed E-state index contributed by atoms with van der Waals surface area (Å²) >= 11 is 0.950. The molecule has 1 aliphatic rings. The minimum Gasteiger partial charge on any atom is -0.489 e. The maximum absolute atomic E-state index is 13.2. The third-order valence-corrected chi connectivity index (χ3v) is 7.61. The first-order valence-corrected chi connectivity index (χ1v) is 15.6. The fraction of sp³-hybridized carbons (Fsp3) is 0.360. The van der Waals surface area contributed by atoms with Crippen molar-refractivity contribution < 1.29 is 46.3 Å². The highest BCUT2D eigenvalue weighted by molar-refractivity contribution is 7.80. The number of nitrogens with zero attached hydrogens (tertiary/aromatic N) is 5. The number of aryl methyl sites for hydroxylation is 1. The first-order chi connectivity index (χ1) is 21.6. The number of anilines is 2. The number of β-lactam (4-membered cyclic amide) rings is 1. The van der Waals surface area contributed by atoms with Gasteiger partial charge in [0, 0.05) is 23.7 Å². The molecule has 19 nitrogen and oxygen atoms in total. The van der Waals surface area contributed by atoms with Gasteiger partial charge in [0.15, 0.2) is 16.7 Å². The first kappa shape index (κ1) is 34.1. The van der Waals surface area contributed by atoms with Crippen LogP contribution in [0.2, 0.25) is 0 Å². The number of nitrogen functional groups attached to an aromatic ring is 2. The summed E-state index contributed by atoms with van der Waals surface area (Å²) in [5.41, 5.74) is 16.7. The molecule has 0 bridgehead atoms. The molecule has 9 N–H and O–H groups in total. The van der Waals surface area contributed by atoms with Gasteiger partial charge in [-0.2, -0.15) is 18.6 Å². The Morgan fingerprint density at radius 3 is 2.50 bits per heavy atom. The molecular formula is C25H31N9O10S2. The first-order valence-electron chi connectivity index (χ1n) is 13.4. The zero-order valence-electron chi connectivity index (χ0n) is 24.4. The van der Waals surface area contributed by atoms with Gasteiger partial charge in [0.05, 0.1) is 5.54 Å². The van der Waals surface area contributed by atoms with Crippen molar-refractivity contribution in [3.63, 3.8) is 0 Å². The number of amides is 2. The molecule has 2 amide bonds. The molecule has 46 heavy (non-hydrogen) atoms. The van der Waals surface area contributed by atoms with Crippen molar-refractivity contribution in [2.45, 2.75) is 44.5 Å². The number of hydroxylamine groups is 2. The molecule has 0 saturated carbocycles. The lowest BCUT2D eigenvalue weighted by atomic mass is 9.84. The number of rotatable bonds is 15. The molecule has 1 aliphatic heterocycles. The zero-order chi connectivity index (χ0) is 33.8. The number of aromatic nitrogens is 3. The Labute approximate surface area is 265 Å². The fourth-order valence-electron chi connectivity index (χ4n) is 4.21. The van der Waals surface area contributed by atoms with E-state index in [2.05, 4.69) is 24.8 Å². The van der Waals surface area contributed by atoms with Crippen LogP contribution < -0.4 is 27.3 Å². The van der Waals surface area contributed by atoms with Gasteiger partial charge < -0.3 is 37.2 Å². The Balaban J connectivity index is 1.45. The third-order valence-electron chi connectivity index (χ3n) is 6.60. The molecule has 1 saturated heterocycles. The van der Waals surface area contributed by atoms with Crippen molar-refractivity contribution in [2.24, 2.45) is 10.9 Å². The largest absolute Gasteiger partial charge is 0.489 e. The highest BCUT2D eigenvalue weighted by Crippen LogP contribution is 2.33. The molecule has 4 rings (SSSR count). The second-order valence-electron chi connectivity index (χ2n) is 10.3. The normalized spacial score (nSPS) is 16.9. The van der Waals surface area contributed by atoms with E-state index in [9.17, 15) is 27.9 Å². The maximum Gasteiger partial charge on any atom is 0.418 e. The Bertz CT molecular complexity index is 1740. The Morgan fingerprint density at radius 2 is 1.93 bits per heavy atom. The molecule has 0 spiro atoms. The van der Waals surface area contributed by atoms with Crippen LogP contribution in [0.5, 0.6) is 5.75 Å². The van der Waals surface area contributed by atoms with Gasteiger partial charge in [-0.1, -0.05) is 17.3 Å². The number of oxime groups is 1. The summed E-state index contributed by atoms with van der Waals surface area (Å²) in [4.78, 5) is 46.8. The molecule has 248 valence electrons. The molecule has 21 heteroatoms. The van der Waals surface area contributed by atoms with Crippen LogP contribution in [-0.2, 0) is 40.4 Å². The topological polar surface area (TPSA) is 290 Å². The molecule has 2 atom stereocenters.